The van der Waals surface area contributed by atoms with E-state index in [-0.39, 0.29) is 6.54 Å². The molecule has 0 bridgehead atoms. The molecule has 0 saturated heterocycles. The summed E-state index contributed by atoms with van der Waals surface area (Å²) < 4.78 is 18.5. The van der Waals surface area contributed by atoms with E-state index in [1.165, 1.54) is 25.3 Å². The van der Waals surface area contributed by atoms with Crippen molar-refractivity contribution in [3.8, 4) is 0 Å². The first kappa shape index (κ1) is 15.7. The molecule has 116 valence electrons. The highest BCUT2D eigenvalue weighted by Crippen LogP contribution is 2.19. The van der Waals surface area contributed by atoms with E-state index in [2.05, 4.69) is 20.0 Å². The van der Waals surface area contributed by atoms with Gasteiger partial charge >= 0.3 is 5.97 Å². The molecule has 1 heterocycles. The van der Waals surface area contributed by atoms with Crippen molar-refractivity contribution in [1.82, 2.24) is 9.97 Å². The van der Waals surface area contributed by atoms with Gasteiger partial charge in [0, 0.05) is 38.6 Å². The minimum atomic E-state index is -0.505. The van der Waals surface area contributed by atoms with E-state index >= 15 is 0 Å². The fourth-order valence-corrected chi connectivity index (χ4v) is 1.92. The number of carbonyl (C=O) groups is 1. The Morgan fingerprint density at radius 2 is 2.05 bits per heavy atom. The molecule has 0 aliphatic rings. The minimum Gasteiger partial charge on any atom is -0.465 e. The average molecular weight is 304 g/mol. The van der Waals surface area contributed by atoms with Gasteiger partial charge in [0.05, 0.1) is 12.7 Å². The molecule has 7 heteroatoms. The molecule has 1 aromatic heterocycles. The number of methoxy groups -OCH3 is 1. The van der Waals surface area contributed by atoms with Crippen LogP contribution in [0.1, 0.15) is 15.9 Å². The molecule has 0 fully saturated rings. The summed E-state index contributed by atoms with van der Waals surface area (Å²) in [7, 11) is 4.97. The molecule has 0 aliphatic heterocycles. The maximum atomic E-state index is 13.9. The van der Waals surface area contributed by atoms with Crippen molar-refractivity contribution >= 4 is 17.6 Å². The van der Waals surface area contributed by atoms with Crippen LogP contribution in [0.15, 0.2) is 30.6 Å². The zero-order chi connectivity index (χ0) is 16.1. The molecule has 6 nitrogen and oxygen atoms in total. The van der Waals surface area contributed by atoms with Gasteiger partial charge in [-0.2, -0.15) is 0 Å². The topological polar surface area (TPSA) is 67.3 Å². The SMILES string of the molecule is COC(=O)c1ccc(F)c(CNc2nccnc2N(C)C)c1. The first-order chi connectivity index (χ1) is 10.5. The molecule has 0 spiro atoms. The number of ether oxygens (including phenoxy) is 1. The molecule has 1 aromatic carbocycles. The Hall–Kier alpha value is -2.70. The summed E-state index contributed by atoms with van der Waals surface area (Å²) in [6.45, 7) is 0.177. The van der Waals surface area contributed by atoms with Crippen molar-refractivity contribution in [2.75, 3.05) is 31.4 Å². The van der Waals surface area contributed by atoms with E-state index in [1.54, 1.807) is 17.3 Å². The highest BCUT2D eigenvalue weighted by Gasteiger charge is 2.11. The predicted molar refractivity (Wildman–Crippen MR) is 81.4 cm³/mol. The number of nitrogens with one attached hydrogen (secondary N) is 1. The van der Waals surface area contributed by atoms with Crippen molar-refractivity contribution in [3.63, 3.8) is 0 Å². The van der Waals surface area contributed by atoms with Gasteiger partial charge in [0.15, 0.2) is 11.6 Å². The Morgan fingerprint density at radius 3 is 2.73 bits per heavy atom. The van der Waals surface area contributed by atoms with Gasteiger partial charge in [-0.1, -0.05) is 0 Å². The first-order valence-corrected chi connectivity index (χ1v) is 6.62. The van der Waals surface area contributed by atoms with Gasteiger partial charge < -0.3 is 15.0 Å². The Bertz CT molecular complexity index is 676. The van der Waals surface area contributed by atoms with Crippen molar-refractivity contribution < 1.29 is 13.9 Å². The third-order valence-electron chi connectivity index (χ3n) is 3.02. The molecule has 2 rings (SSSR count). The second-order valence-electron chi connectivity index (χ2n) is 4.77. The van der Waals surface area contributed by atoms with Gasteiger partial charge in [-0.15, -0.1) is 0 Å². The minimum absolute atomic E-state index is 0.177. The van der Waals surface area contributed by atoms with Gasteiger partial charge in [0.1, 0.15) is 5.82 Å². The number of anilines is 2. The van der Waals surface area contributed by atoms with Crippen molar-refractivity contribution in [2.45, 2.75) is 6.54 Å². The zero-order valence-corrected chi connectivity index (χ0v) is 12.6. The van der Waals surface area contributed by atoms with Crippen molar-refractivity contribution in [3.05, 3.63) is 47.5 Å². The van der Waals surface area contributed by atoms with Crippen LogP contribution in [0.5, 0.6) is 0 Å². The number of nitrogens with zero attached hydrogens (tertiary/aromatic N) is 3. The summed E-state index contributed by atoms with van der Waals surface area (Å²) in [6.07, 6.45) is 3.13. The quantitative estimate of drug-likeness (QED) is 0.853. The van der Waals surface area contributed by atoms with Gasteiger partial charge in [-0.05, 0) is 18.2 Å². The Balaban J connectivity index is 2.20. The highest BCUT2D eigenvalue weighted by atomic mass is 19.1. The number of hydrogen-bond donors (Lipinski definition) is 1. The van der Waals surface area contributed by atoms with E-state index in [9.17, 15) is 9.18 Å². The highest BCUT2D eigenvalue weighted by molar-refractivity contribution is 5.89. The van der Waals surface area contributed by atoms with Crippen LogP contribution in [0.2, 0.25) is 0 Å². The molecule has 0 amide bonds. The number of aromatic nitrogens is 2. The summed E-state index contributed by atoms with van der Waals surface area (Å²) in [5, 5.41) is 3.03. The van der Waals surface area contributed by atoms with Crippen LogP contribution in [0.3, 0.4) is 0 Å². The first-order valence-electron chi connectivity index (χ1n) is 6.62. The summed E-state index contributed by atoms with van der Waals surface area (Å²) in [5.74, 6) is 0.271. The lowest BCUT2D eigenvalue weighted by atomic mass is 10.1. The van der Waals surface area contributed by atoms with Crippen LogP contribution in [-0.2, 0) is 11.3 Å². The van der Waals surface area contributed by atoms with Crippen molar-refractivity contribution in [2.24, 2.45) is 0 Å². The fourth-order valence-electron chi connectivity index (χ4n) is 1.92. The van der Waals surface area contributed by atoms with Gasteiger partial charge in [0.25, 0.3) is 0 Å². The Labute approximate surface area is 128 Å². The maximum Gasteiger partial charge on any atom is 0.337 e. The standard InChI is InChI=1S/C15H17FN4O2/c1-20(2)14-13(17-6-7-18-14)19-9-11-8-10(15(21)22-3)4-5-12(11)16/h4-8H,9H2,1-3H3,(H,17,19). The predicted octanol–water partition coefficient (Wildman–Crippen LogP) is 2.08. The molecule has 2 aromatic rings. The van der Waals surface area contributed by atoms with Crippen LogP contribution in [0.25, 0.3) is 0 Å². The van der Waals surface area contributed by atoms with Crippen molar-refractivity contribution in [1.29, 1.82) is 0 Å². The molecular weight excluding hydrogens is 287 g/mol. The lowest BCUT2D eigenvalue weighted by Gasteiger charge is -2.16. The molecule has 0 radical (unpaired) electrons. The molecular formula is C15H17FN4O2. The Kier molecular flexibility index (Phi) is 4.88. The molecule has 0 saturated carbocycles. The second kappa shape index (κ2) is 6.84. The van der Waals surface area contributed by atoms with Crippen LogP contribution in [-0.4, -0.2) is 37.1 Å². The third kappa shape index (κ3) is 3.49. The van der Waals surface area contributed by atoms with E-state index in [4.69, 9.17) is 0 Å². The maximum absolute atomic E-state index is 13.9. The number of benzene rings is 1. The van der Waals surface area contributed by atoms with E-state index < -0.39 is 11.8 Å². The number of rotatable bonds is 5. The van der Waals surface area contributed by atoms with Crippen LogP contribution < -0.4 is 10.2 Å². The largest absolute Gasteiger partial charge is 0.465 e. The zero-order valence-electron chi connectivity index (χ0n) is 12.6. The summed E-state index contributed by atoms with van der Waals surface area (Å²) in [6, 6.07) is 4.09. The van der Waals surface area contributed by atoms with Crippen LogP contribution in [0, 0.1) is 5.82 Å². The van der Waals surface area contributed by atoms with E-state index in [0.29, 0.717) is 22.8 Å². The molecule has 0 unspecified atom stereocenters. The smallest absolute Gasteiger partial charge is 0.337 e. The van der Waals surface area contributed by atoms with Gasteiger partial charge in [-0.3, -0.25) is 0 Å². The average Bonchev–Trinajstić information content (AvgIpc) is 2.53. The molecule has 0 atom stereocenters. The molecule has 22 heavy (non-hydrogen) atoms. The summed E-state index contributed by atoms with van der Waals surface area (Å²) >= 11 is 0. The molecule has 1 N–H and O–H groups in total. The number of esters is 1. The second-order valence-corrected chi connectivity index (χ2v) is 4.77. The normalized spacial score (nSPS) is 10.2. The summed E-state index contributed by atoms with van der Waals surface area (Å²) in [4.78, 5) is 21.7. The lowest BCUT2D eigenvalue weighted by molar-refractivity contribution is 0.0600. The fraction of sp³-hybridized carbons (Fsp3) is 0.267. The number of hydrogen-bond acceptors (Lipinski definition) is 6. The number of halogens is 1. The number of carbonyl (C=O) groups excluding carboxylic acids is 1. The van der Waals surface area contributed by atoms with Crippen LogP contribution in [0.4, 0.5) is 16.0 Å². The third-order valence-corrected chi connectivity index (χ3v) is 3.02. The monoisotopic (exact) mass is 304 g/mol. The van der Waals surface area contributed by atoms with Gasteiger partial charge in [0.2, 0.25) is 0 Å². The van der Waals surface area contributed by atoms with E-state index in [1.807, 2.05) is 14.1 Å². The van der Waals surface area contributed by atoms with Crippen LogP contribution >= 0.6 is 0 Å². The lowest BCUT2D eigenvalue weighted by Crippen LogP contribution is -2.15. The van der Waals surface area contributed by atoms with E-state index in [0.717, 1.165) is 0 Å². The molecule has 0 aliphatic carbocycles. The summed E-state index contributed by atoms with van der Waals surface area (Å²) in [5.41, 5.74) is 0.644. The Morgan fingerprint density at radius 1 is 1.32 bits per heavy atom. The van der Waals surface area contributed by atoms with Gasteiger partial charge in [-0.25, -0.2) is 19.2 Å².